The molecule has 0 aliphatic rings. The summed E-state index contributed by atoms with van der Waals surface area (Å²) >= 11 is 0. The minimum Gasteiger partial charge on any atom is -0.485 e. The highest BCUT2D eigenvalue weighted by molar-refractivity contribution is 5.98. The summed E-state index contributed by atoms with van der Waals surface area (Å²) in [6.45, 7) is 5.77. The zero-order valence-electron chi connectivity index (χ0n) is 14.5. The Labute approximate surface area is 146 Å². The molecule has 0 saturated heterocycles. The van der Waals surface area contributed by atoms with E-state index in [0.29, 0.717) is 11.3 Å². The molecule has 3 nitrogen and oxygen atoms in total. The van der Waals surface area contributed by atoms with Crippen molar-refractivity contribution in [2.45, 2.75) is 20.8 Å². The smallest absolute Gasteiger partial charge is 0.202 e. The third-order valence-electron chi connectivity index (χ3n) is 4.18. The largest absolute Gasteiger partial charge is 0.485 e. The molecule has 0 radical (unpaired) electrons. The topological polar surface area (TPSA) is 31.2 Å². The molecule has 3 rings (SSSR count). The zero-order chi connectivity index (χ0) is 18.0. The van der Waals surface area contributed by atoms with Crippen molar-refractivity contribution < 1.29 is 13.9 Å². The third kappa shape index (κ3) is 3.63. The number of ketones is 1. The fourth-order valence-electron chi connectivity index (χ4n) is 2.96. The van der Waals surface area contributed by atoms with Crippen molar-refractivity contribution in [3.63, 3.8) is 0 Å². The quantitative estimate of drug-likeness (QED) is 0.626. The lowest BCUT2D eigenvalue weighted by atomic mass is 10.1. The standard InChI is InChI=1S/C21H20FNO2/c1-14-5-4-6-19(11-14)25-13-21(24)20-12-15(2)23(16(20)3)18-9-7-17(22)8-10-18/h4-12H,13H2,1-3H3. The molecule has 0 amide bonds. The highest BCUT2D eigenvalue weighted by atomic mass is 19.1. The van der Waals surface area contributed by atoms with Gasteiger partial charge < -0.3 is 9.30 Å². The van der Waals surface area contributed by atoms with Gasteiger partial charge in [0.05, 0.1) is 0 Å². The maximum absolute atomic E-state index is 13.1. The highest BCUT2D eigenvalue weighted by Gasteiger charge is 2.17. The van der Waals surface area contributed by atoms with Gasteiger partial charge in [0.15, 0.2) is 6.61 Å². The number of aryl methyl sites for hydroxylation is 2. The van der Waals surface area contributed by atoms with E-state index in [-0.39, 0.29) is 18.2 Å². The average molecular weight is 337 g/mol. The molecular formula is C21H20FNO2. The Morgan fingerprint density at radius 3 is 2.44 bits per heavy atom. The number of rotatable bonds is 5. The summed E-state index contributed by atoms with van der Waals surface area (Å²) < 4.78 is 20.7. The Kier molecular flexibility index (Phi) is 4.70. The van der Waals surface area contributed by atoms with Crippen LogP contribution in [0.1, 0.15) is 27.3 Å². The van der Waals surface area contributed by atoms with E-state index in [1.165, 1.54) is 12.1 Å². The summed E-state index contributed by atoms with van der Waals surface area (Å²) in [6.07, 6.45) is 0. The van der Waals surface area contributed by atoms with Crippen molar-refractivity contribution in [1.82, 2.24) is 4.57 Å². The second kappa shape index (κ2) is 6.93. The first kappa shape index (κ1) is 17.0. The fourth-order valence-corrected chi connectivity index (χ4v) is 2.96. The van der Waals surface area contributed by atoms with Crippen LogP contribution in [-0.4, -0.2) is 17.0 Å². The van der Waals surface area contributed by atoms with Crippen LogP contribution in [0, 0.1) is 26.6 Å². The van der Waals surface area contributed by atoms with Crippen molar-refractivity contribution in [2.24, 2.45) is 0 Å². The molecule has 1 aromatic heterocycles. The highest BCUT2D eigenvalue weighted by Crippen LogP contribution is 2.22. The minimum absolute atomic E-state index is 0.0167. The summed E-state index contributed by atoms with van der Waals surface area (Å²) in [5.74, 6) is 0.317. The molecule has 0 N–H and O–H groups in total. The molecule has 0 fully saturated rings. The maximum atomic E-state index is 13.1. The first-order valence-electron chi connectivity index (χ1n) is 8.13. The van der Waals surface area contributed by atoms with Gasteiger partial charge in [0.1, 0.15) is 11.6 Å². The van der Waals surface area contributed by atoms with E-state index in [4.69, 9.17) is 4.74 Å². The van der Waals surface area contributed by atoms with Crippen molar-refractivity contribution in [3.05, 3.63) is 82.9 Å². The first-order chi connectivity index (χ1) is 12.0. The number of carbonyl (C=O) groups excluding carboxylic acids is 1. The summed E-state index contributed by atoms with van der Waals surface area (Å²) in [6, 6.07) is 15.7. The summed E-state index contributed by atoms with van der Waals surface area (Å²) in [5.41, 5.74) is 4.27. The molecule has 1 heterocycles. The molecule has 0 unspecified atom stereocenters. The van der Waals surface area contributed by atoms with Crippen LogP contribution < -0.4 is 4.74 Å². The predicted molar refractivity (Wildman–Crippen MR) is 96.2 cm³/mol. The molecule has 2 aromatic carbocycles. The number of halogens is 1. The lowest BCUT2D eigenvalue weighted by molar-refractivity contribution is 0.0921. The SMILES string of the molecule is Cc1cccc(OCC(=O)c2cc(C)n(-c3ccc(F)cc3)c2C)c1. The monoisotopic (exact) mass is 337 g/mol. The maximum Gasteiger partial charge on any atom is 0.202 e. The molecule has 0 aliphatic carbocycles. The zero-order valence-corrected chi connectivity index (χ0v) is 14.5. The second-order valence-electron chi connectivity index (χ2n) is 6.12. The van der Waals surface area contributed by atoms with Crippen molar-refractivity contribution in [2.75, 3.05) is 6.61 Å². The Hall–Kier alpha value is -2.88. The lowest BCUT2D eigenvalue weighted by Crippen LogP contribution is -2.12. The molecule has 4 heteroatoms. The normalized spacial score (nSPS) is 10.7. The summed E-state index contributed by atoms with van der Waals surface area (Å²) in [7, 11) is 0. The van der Waals surface area contributed by atoms with Crippen LogP contribution >= 0.6 is 0 Å². The van der Waals surface area contributed by atoms with E-state index >= 15 is 0 Å². The van der Waals surface area contributed by atoms with Gasteiger partial charge in [0, 0.05) is 22.6 Å². The molecule has 0 bridgehead atoms. The van der Waals surface area contributed by atoms with Crippen LogP contribution in [0.4, 0.5) is 4.39 Å². The first-order valence-corrected chi connectivity index (χ1v) is 8.13. The van der Waals surface area contributed by atoms with Gasteiger partial charge >= 0.3 is 0 Å². The number of carbonyl (C=O) groups is 1. The molecule has 128 valence electrons. The Morgan fingerprint density at radius 2 is 1.76 bits per heavy atom. The van der Waals surface area contributed by atoms with Gasteiger partial charge in [-0.15, -0.1) is 0 Å². The van der Waals surface area contributed by atoms with E-state index in [1.807, 2.05) is 55.7 Å². The molecule has 0 aliphatic heterocycles. The average Bonchev–Trinajstić information content (AvgIpc) is 2.88. The van der Waals surface area contributed by atoms with Crippen LogP contribution in [0.3, 0.4) is 0 Å². The van der Waals surface area contributed by atoms with Gasteiger partial charge in [-0.3, -0.25) is 4.79 Å². The number of nitrogens with zero attached hydrogens (tertiary/aromatic N) is 1. The van der Waals surface area contributed by atoms with E-state index in [1.54, 1.807) is 12.1 Å². The van der Waals surface area contributed by atoms with Crippen LogP contribution in [0.15, 0.2) is 54.6 Å². The van der Waals surface area contributed by atoms with Gasteiger partial charge in [0.25, 0.3) is 0 Å². The minimum atomic E-state index is -0.283. The number of hydrogen-bond donors (Lipinski definition) is 0. The van der Waals surface area contributed by atoms with Gasteiger partial charge in [-0.2, -0.15) is 0 Å². The van der Waals surface area contributed by atoms with Crippen molar-refractivity contribution >= 4 is 5.78 Å². The predicted octanol–water partition coefficient (Wildman–Crippen LogP) is 4.80. The molecule has 25 heavy (non-hydrogen) atoms. The second-order valence-corrected chi connectivity index (χ2v) is 6.12. The Morgan fingerprint density at radius 1 is 1.04 bits per heavy atom. The van der Waals surface area contributed by atoms with E-state index in [0.717, 1.165) is 22.6 Å². The summed E-state index contributed by atoms with van der Waals surface area (Å²) in [4.78, 5) is 12.6. The van der Waals surface area contributed by atoms with Gasteiger partial charge in [0.2, 0.25) is 5.78 Å². The molecular weight excluding hydrogens is 317 g/mol. The molecule has 0 saturated carbocycles. The molecule has 0 atom stereocenters. The van der Waals surface area contributed by atoms with Crippen LogP contribution in [0.25, 0.3) is 5.69 Å². The van der Waals surface area contributed by atoms with Crippen LogP contribution in [-0.2, 0) is 0 Å². The number of ether oxygens (including phenoxy) is 1. The number of hydrogen-bond acceptors (Lipinski definition) is 2. The van der Waals surface area contributed by atoms with Crippen molar-refractivity contribution in [3.8, 4) is 11.4 Å². The van der Waals surface area contributed by atoms with Crippen LogP contribution in [0.2, 0.25) is 0 Å². The summed E-state index contributed by atoms with van der Waals surface area (Å²) in [5, 5.41) is 0. The van der Waals surface area contributed by atoms with Gasteiger partial charge in [-0.25, -0.2) is 4.39 Å². The van der Waals surface area contributed by atoms with Gasteiger partial charge in [-0.05, 0) is 68.8 Å². The molecule has 3 aromatic rings. The fraction of sp³-hybridized carbons (Fsp3) is 0.190. The van der Waals surface area contributed by atoms with Crippen molar-refractivity contribution in [1.29, 1.82) is 0 Å². The molecule has 0 spiro atoms. The van der Waals surface area contributed by atoms with E-state index in [9.17, 15) is 9.18 Å². The van der Waals surface area contributed by atoms with E-state index < -0.39 is 0 Å². The lowest BCUT2D eigenvalue weighted by Gasteiger charge is -2.10. The number of Topliss-reactive ketones (excluding diaryl/α,β-unsaturated/α-hetero) is 1. The number of benzene rings is 2. The third-order valence-corrected chi connectivity index (χ3v) is 4.18. The van der Waals surface area contributed by atoms with Crippen LogP contribution in [0.5, 0.6) is 5.75 Å². The number of aromatic nitrogens is 1. The van der Waals surface area contributed by atoms with E-state index in [2.05, 4.69) is 0 Å². The Bertz CT molecular complexity index is 910. The Balaban J connectivity index is 1.82. The van der Waals surface area contributed by atoms with Gasteiger partial charge in [-0.1, -0.05) is 12.1 Å².